The number of anilines is 1. The van der Waals surface area contributed by atoms with Crippen LogP contribution < -0.4 is 9.64 Å². The van der Waals surface area contributed by atoms with Crippen molar-refractivity contribution in [2.75, 3.05) is 12.0 Å². The monoisotopic (exact) mass is 375 g/mol. The zero-order valence-corrected chi connectivity index (χ0v) is 15.0. The van der Waals surface area contributed by atoms with E-state index in [1.54, 1.807) is 54.6 Å². The third kappa shape index (κ3) is 2.75. The topological polar surface area (TPSA) is 80.0 Å². The number of nitrogens with zero attached hydrogens (tertiary/aromatic N) is 1. The number of hydrogen-bond donors (Lipinski definition) is 1. The molecular weight excluding hydrogens is 358 g/mol. The van der Waals surface area contributed by atoms with Crippen molar-refractivity contribution in [3.05, 3.63) is 95.6 Å². The maximum Gasteiger partial charge on any atom is 0.294 e. The summed E-state index contributed by atoms with van der Waals surface area (Å²) in [7, 11) is 1.51. The summed E-state index contributed by atoms with van der Waals surface area (Å²) in [4.78, 5) is 27.5. The number of Topliss-reactive ketones (excluding diaryl/α,β-unsaturated/α-hetero) is 1. The lowest BCUT2D eigenvalue weighted by Crippen LogP contribution is -2.31. The first-order chi connectivity index (χ1) is 13.6. The summed E-state index contributed by atoms with van der Waals surface area (Å²) in [5, 5.41) is 10.6. The summed E-state index contributed by atoms with van der Waals surface area (Å²) in [6.45, 7) is 0. The van der Waals surface area contributed by atoms with Gasteiger partial charge in [-0.05, 0) is 30.3 Å². The third-order valence-corrected chi connectivity index (χ3v) is 4.67. The average molecular weight is 375 g/mol. The molecule has 0 saturated carbocycles. The molecule has 1 aliphatic heterocycles. The van der Waals surface area contributed by atoms with E-state index in [2.05, 4.69) is 0 Å². The van der Waals surface area contributed by atoms with Gasteiger partial charge >= 0.3 is 0 Å². The Bertz CT molecular complexity index is 1050. The number of furan rings is 1. The van der Waals surface area contributed by atoms with E-state index in [0.717, 1.165) is 0 Å². The molecule has 1 atom stereocenters. The van der Waals surface area contributed by atoms with Crippen molar-refractivity contribution in [2.45, 2.75) is 6.04 Å². The van der Waals surface area contributed by atoms with Crippen molar-refractivity contribution in [1.82, 2.24) is 0 Å². The lowest BCUT2D eigenvalue weighted by Gasteiger charge is -2.27. The summed E-state index contributed by atoms with van der Waals surface area (Å²) in [5.74, 6) is -1.26. The Morgan fingerprint density at radius 2 is 1.75 bits per heavy atom. The maximum atomic E-state index is 13.1. The van der Waals surface area contributed by atoms with Gasteiger partial charge in [0.1, 0.15) is 5.75 Å². The SMILES string of the molecule is COc1ccccc1C1C(C(=O)c2ccco2)=C(O)C(=O)N1c1ccccc1. The minimum atomic E-state index is -0.858. The van der Waals surface area contributed by atoms with Crippen molar-refractivity contribution in [2.24, 2.45) is 0 Å². The molecule has 1 aliphatic rings. The number of ether oxygens (including phenoxy) is 1. The lowest BCUT2D eigenvalue weighted by atomic mass is 9.94. The van der Waals surface area contributed by atoms with E-state index in [4.69, 9.17) is 9.15 Å². The van der Waals surface area contributed by atoms with E-state index < -0.39 is 23.5 Å². The van der Waals surface area contributed by atoms with Gasteiger partial charge in [0.25, 0.3) is 5.91 Å². The number of carbonyl (C=O) groups is 2. The number of methoxy groups -OCH3 is 1. The van der Waals surface area contributed by atoms with Gasteiger partial charge < -0.3 is 14.3 Å². The number of rotatable bonds is 5. The van der Waals surface area contributed by atoms with E-state index in [-0.39, 0.29) is 11.3 Å². The van der Waals surface area contributed by atoms with Crippen molar-refractivity contribution in [1.29, 1.82) is 0 Å². The maximum absolute atomic E-state index is 13.1. The Balaban J connectivity index is 1.93. The molecule has 1 N–H and O–H groups in total. The number of benzene rings is 2. The highest BCUT2D eigenvalue weighted by atomic mass is 16.5. The number of carbonyl (C=O) groups excluding carboxylic acids is 2. The zero-order chi connectivity index (χ0) is 19.7. The highest BCUT2D eigenvalue weighted by Crippen LogP contribution is 2.44. The molecule has 0 aliphatic carbocycles. The Morgan fingerprint density at radius 3 is 2.43 bits per heavy atom. The number of aliphatic hydroxyl groups excluding tert-OH is 1. The van der Waals surface area contributed by atoms with Crippen LogP contribution in [-0.4, -0.2) is 23.9 Å². The van der Waals surface area contributed by atoms with Gasteiger partial charge in [-0.25, -0.2) is 0 Å². The highest BCUT2D eigenvalue weighted by molar-refractivity contribution is 6.20. The number of aliphatic hydroxyl groups is 1. The predicted molar refractivity (Wildman–Crippen MR) is 102 cm³/mol. The molecule has 3 aromatic rings. The summed E-state index contributed by atoms with van der Waals surface area (Å²) >= 11 is 0. The number of ketones is 1. The molecule has 1 aromatic heterocycles. The fraction of sp³-hybridized carbons (Fsp3) is 0.0909. The van der Waals surface area contributed by atoms with Gasteiger partial charge in [0, 0.05) is 11.3 Å². The van der Waals surface area contributed by atoms with Gasteiger partial charge in [-0.2, -0.15) is 0 Å². The van der Waals surface area contributed by atoms with Crippen LogP contribution in [0.2, 0.25) is 0 Å². The molecule has 0 fully saturated rings. The van der Waals surface area contributed by atoms with Gasteiger partial charge in [0.05, 0.1) is 25.0 Å². The second-order valence-corrected chi connectivity index (χ2v) is 6.22. The Kier molecular flexibility index (Phi) is 4.45. The molecule has 28 heavy (non-hydrogen) atoms. The second-order valence-electron chi connectivity index (χ2n) is 6.22. The van der Waals surface area contributed by atoms with Crippen LogP contribution in [0.5, 0.6) is 5.75 Å². The summed E-state index contributed by atoms with van der Waals surface area (Å²) in [6, 6.07) is 18.2. The van der Waals surface area contributed by atoms with Crippen LogP contribution in [0.3, 0.4) is 0 Å². The molecular formula is C22H17NO5. The quantitative estimate of drug-likeness (QED) is 0.680. The second kappa shape index (κ2) is 7.08. The van der Waals surface area contributed by atoms with Crippen molar-refractivity contribution < 1.29 is 23.8 Å². The first-order valence-corrected chi connectivity index (χ1v) is 8.66. The summed E-state index contributed by atoms with van der Waals surface area (Å²) in [6.07, 6.45) is 1.37. The molecule has 2 heterocycles. The van der Waals surface area contributed by atoms with Crippen LogP contribution in [0.15, 0.2) is 88.7 Å². The lowest BCUT2D eigenvalue weighted by molar-refractivity contribution is -0.117. The molecule has 2 aromatic carbocycles. The summed E-state index contributed by atoms with van der Waals surface area (Å²) < 4.78 is 10.7. The fourth-order valence-electron chi connectivity index (χ4n) is 3.42. The van der Waals surface area contributed by atoms with Gasteiger partial charge in [-0.15, -0.1) is 0 Å². The van der Waals surface area contributed by atoms with Gasteiger partial charge in [0.2, 0.25) is 5.78 Å². The Hall–Kier alpha value is -3.80. The van der Waals surface area contributed by atoms with Crippen molar-refractivity contribution >= 4 is 17.4 Å². The smallest absolute Gasteiger partial charge is 0.294 e. The Morgan fingerprint density at radius 1 is 1.04 bits per heavy atom. The molecule has 6 heteroatoms. The van der Waals surface area contributed by atoms with Crippen LogP contribution in [0.25, 0.3) is 0 Å². The van der Waals surface area contributed by atoms with Crippen molar-refractivity contribution in [3.8, 4) is 5.75 Å². The summed E-state index contributed by atoms with van der Waals surface area (Å²) in [5.41, 5.74) is 1.09. The van der Waals surface area contributed by atoms with E-state index in [9.17, 15) is 14.7 Å². The Labute approximate surface area is 161 Å². The first-order valence-electron chi connectivity index (χ1n) is 8.66. The molecule has 140 valence electrons. The van der Waals surface area contributed by atoms with Gasteiger partial charge in [0.15, 0.2) is 11.5 Å². The standard InChI is InChI=1S/C22H17NO5/c1-27-16-11-6-5-10-15(16)19-18(20(24)17-12-7-13-28-17)21(25)22(26)23(19)14-8-3-2-4-9-14/h2-13,19,25H,1H3. The molecule has 1 unspecified atom stereocenters. The van der Waals surface area contributed by atoms with Crippen LogP contribution >= 0.6 is 0 Å². The molecule has 0 bridgehead atoms. The largest absolute Gasteiger partial charge is 0.503 e. The van der Waals surface area contributed by atoms with Crippen LogP contribution in [-0.2, 0) is 4.79 Å². The molecule has 4 rings (SSSR count). The minimum Gasteiger partial charge on any atom is -0.503 e. The number of amides is 1. The number of para-hydroxylation sites is 2. The molecule has 0 saturated heterocycles. The van der Waals surface area contributed by atoms with Crippen LogP contribution in [0, 0.1) is 0 Å². The van der Waals surface area contributed by atoms with E-state index >= 15 is 0 Å². The molecule has 6 nitrogen and oxygen atoms in total. The normalized spacial score (nSPS) is 16.5. The first kappa shape index (κ1) is 17.6. The minimum absolute atomic E-state index is 0.0455. The average Bonchev–Trinajstić information content (AvgIpc) is 3.36. The van der Waals surface area contributed by atoms with E-state index in [0.29, 0.717) is 17.0 Å². The van der Waals surface area contributed by atoms with Gasteiger partial charge in [-0.3, -0.25) is 14.5 Å². The zero-order valence-electron chi connectivity index (χ0n) is 15.0. The molecule has 1 amide bonds. The number of hydrogen-bond acceptors (Lipinski definition) is 5. The van der Waals surface area contributed by atoms with E-state index in [1.165, 1.54) is 24.3 Å². The molecule has 0 radical (unpaired) electrons. The fourth-order valence-corrected chi connectivity index (χ4v) is 3.42. The van der Waals surface area contributed by atoms with E-state index in [1.807, 2.05) is 6.07 Å². The third-order valence-electron chi connectivity index (χ3n) is 4.67. The predicted octanol–water partition coefficient (Wildman–Crippen LogP) is 4.07. The van der Waals surface area contributed by atoms with Crippen molar-refractivity contribution in [3.63, 3.8) is 0 Å². The van der Waals surface area contributed by atoms with Crippen LogP contribution in [0.4, 0.5) is 5.69 Å². The van der Waals surface area contributed by atoms with Crippen LogP contribution in [0.1, 0.15) is 22.2 Å². The molecule has 0 spiro atoms. The highest BCUT2D eigenvalue weighted by Gasteiger charge is 2.46. The van der Waals surface area contributed by atoms with Gasteiger partial charge in [-0.1, -0.05) is 36.4 Å².